The zero-order chi connectivity index (χ0) is 10.1. The largest absolute Gasteiger partial charge is 1.00 e. The smallest absolute Gasteiger partial charge is 1.00 e. The maximum atomic E-state index is 10.6. The van der Waals surface area contributed by atoms with Gasteiger partial charge in [-0.1, -0.05) is 0 Å². The van der Waals surface area contributed by atoms with Crippen LogP contribution in [0.2, 0.25) is 0 Å². The SMILES string of the molecule is O=Cc1cc(S(=O)(=O)O)ccc1O.[H-].[Na+]. The standard InChI is InChI=1S/C7H6O5S.Na.H/c8-4-5-3-6(13(10,11)12)1-2-7(5)9;;/h1-4,9H,(H,10,11,12);;/q;+1;-1. The Morgan fingerprint density at radius 3 is 2.36 bits per heavy atom. The molecule has 1 aromatic rings. The van der Waals surface area contributed by atoms with Crippen molar-refractivity contribution in [3.05, 3.63) is 23.8 Å². The molecule has 0 amide bonds. The Kier molecular flexibility index (Phi) is 4.76. The molecule has 0 aromatic heterocycles. The second-order valence-corrected chi connectivity index (χ2v) is 3.74. The predicted molar refractivity (Wildman–Crippen MR) is 44.4 cm³/mol. The number of phenolic OH excluding ortho intramolecular Hbond substituents is 1. The number of hydrogen-bond acceptors (Lipinski definition) is 4. The molecule has 0 bridgehead atoms. The van der Waals surface area contributed by atoms with Gasteiger partial charge in [0.15, 0.2) is 6.29 Å². The third-order valence-electron chi connectivity index (χ3n) is 1.42. The van der Waals surface area contributed by atoms with E-state index in [-0.39, 0.29) is 42.3 Å². The Morgan fingerprint density at radius 2 is 1.93 bits per heavy atom. The Labute approximate surface area is 104 Å². The molecule has 72 valence electrons. The molecule has 14 heavy (non-hydrogen) atoms. The predicted octanol–water partition coefficient (Wildman–Crippen LogP) is -2.43. The second-order valence-electron chi connectivity index (χ2n) is 2.31. The zero-order valence-electron chi connectivity index (χ0n) is 8.34. The number of rotatable bonds is 2. The van der Waals surface area contributed by atoms with Crippen molar-refractivity contribution in [1.82, 2.24) is 0 Å². The molecule has 0 radical (unpaired) electrons. The van der Waals surface area contributed by atoms with Gasteiger partial charge in [0.1, 0.15) is 5.75 Å². The number of carbonyl (C=O) groups is 1. The molecule has 0 heterocycles. The summed E-state index contributed by atoms with van der Waals surface area (Å²) in [5, 5.41) is 8.99. The first-order chi connectivity index (χ1) is 5.95. The van der Waals surface area contributed by atoms with E-state index in [0.717, 1.165) is 18.2 Å². The summed E-state index contributed by atoms with van der Waals surface area (Å²) in [6, 6.07) is 2.90. The maximum Gasteiger partial charge on any atom is 1.00 e. The Balaban J connectivity index is 0. The summed E-state index contributed by atoms with van der Waals surface area (Å²) in [6.45, 7) is 0. The summed E-state index contributed by atoms with van der Waals surface area (Å²) in [6.07, 6.45) is 0.296. The van der Waals surface area contributed by atoms with Gasteiger partial charge >= 0.3 is 29.6 Å². The molecular weight excluding hydrogens is 219 g/mol. The summed E-state index contributed by atoms with van der Waals surface area (Å²) >= 11 is 0. The number of aromatic hydroxyl groups is 1. The molecule has 0 saturated heterocycles. The van der Waals surface area contributed by atoms with Gasteiger partial charge in [-0.05, 0) is 18.2 Å². The van der Waals surface area contributed by atoms with Crippen LogP contribution in [-0.4, -0.2) is 24.4 Å². The summed E-state index contributed by atoms with van der Waals surface area (Å²) in [7, 11) is -4.32. The molecule has 0 atom stereocenters. The molecule has 0 aliphatic rings. The molecule has 0 spiro atoms. The van der Waals surface area contributed by atoms with Gasteiger partial charge in [0.2, 0.25) is 0 Å². The van der Waals surface area contributed by atoms with Gasteiger partial charge in [0.05, 0.1) is 10.5 Å². The van der Waals surface area contributed by atoms with E-state index in [0.29, 0.717) is 6.29 Å². The number of phenols is 1. The summed E-state index contributed by atoms with van der Waals surface area (Å²) in [5.74, 6) is -0.331. The van der Waals surface area contributed by atoms with Crippen LogP contribution in [0.3, 0.4) is 0 Å². The van der Waals surface area contributed by atoms with Crippen molar-refractivity contribution in [2.45, 2.75) is 4.90 Å². The average Bonchev–Trinajstić information content (AvgIpc) is 2.03. The fourth-order valence-corrected chi connectivity index (χ4v) is 1.30. The molecule has 7 heteroatoms. The Hall–Kier alpha value is -0.400. The van der Waals surface area contributed by atoms with Gasteiger partial charge in [0.25, 0.3) is 10.1 Å². The van der Waals surface area contributed by atoms with Crippen LogP contribution >= 0.6 is 0 Å². The van der Waals surface area contributed by atoms with Crippen molar-refractivity contribution in [1.29, 1.82) is 0 Å². The van der Waals surface area contributed by atoms with Crippen LogP contribution in [0.25, 0.3) is 0 Å². The summed E-state index contributed by atoms with van der Waals surface area (Å²) < 4.78 is 29.7. The van der Waals surface area contributed by atoms with Crippen LogP contribution in [0.4, 0.5) is 0 Å². The summed E-state index contributed by atoms with van der Waals surface area (Å²) in [4.78, 5) is 9.85. The van der Waals surface area contributed by atoms with E-state index < -0.39 is 15.0 Å². The topological polar surface area (TPSA) is 91.7 Å². The van der Waals surface area contributed by atoms with Crippen LogP contribution in [0, 0.1) is 0 Å². The molecule has 0 unspecified atom stereocenters. The van der Waals surface area contributed by atoms with Gasteiger partial charge in [-0.25, -0.2) is 0 Å². The van der Waals surface area contributed by atoms with E-state index in [1.807, 2.05) is 0 Å². The second kappa shape index (κ2) is 4.90. The van der Waals surface area contributed by atoms with Crippen molar-refractivity contribution in [3.63, 3.8) is 0 Å². The van der Waals surface area contributed by atoms with Crippen LogP contribution in [0.1, 0.15) is 11.8 Å². The Bertz CT molecular complexity index is 445. The Morgan fingerprint density at radius 1 is 1.36 bits per heavy atom. The van der Waals surface area contributed by atoms with Crippen molar-refractivity contribution in [2.75, 3.05) is 0 Å². The van der Waals surface area contributed by atoms with E-state index in [1.54, 1.807) is 0 Å². The molecule has 0 aliphatic heterocycles. The first-order valence-corrected chi connectivity index (χ1v) is 4.65. The minimum atomic E-state index is -4.32. The van der Waals surface area contributed by atoms with E-state index in [9.17, 15) is 13.2 Å². The molecule has 1 aromatic carbocycles. The minimum absolute atomic E-state index is 0. The van der Waals surface area contributed by atoms with Crippen LogP contribution in [-0.2, 0) is 10.1 Å². The van der Waals surface area contributed by atoms with Gasteiger partial charge in [0, 0.05) is 0 Å². The first kappa shape index (κ1) is 13.6. The summed E-state index contributed by atoms with van der Waals surface area (Å²) in [5.41, 5.74) is -0.185. The third-order valence-corrected chi connectivity index (χ3v) is 2.27. The number of hydrogen-bond donors (Lipinski definition) is 2. The van der Waals surface area contributed by atoms with Crippen molar-refractivity contribution in [2.24, 2.45) is 0 Å². The zero-order valence-corrected chi connectivity index (χ0v) is 10.2. The van der Waals surface area contributed by atoms with Crippen LogP contribution in [0.5, 0.6) is 5.75 Å². The molecule has 1 rings (SSSR count). The van der Waals surface area contributed by atoms with Crippen LogP contribution in [0.15, 0.2) is 23.1 Å². The molecule has 0 fully saturated rings. The van der Waals surface area contributed by atoms with Crippen molar-refractivity contribution >= 4 is 16.4 Å². The van der Waals surface area contributed by atoms with Gasteiger partial charge in [-0.15, -0.1) is 0 Å². The monoisotopic (exact) mass is 226 g/mol. The molecule has 0 saturated carbocycles. The van der Waals surface area contributed by atoms with Crippen molar-refractivity contribution in [3.8, 4) is 5.75 Å². The van der Waals surface area contributed by atoms with Gasteiger partial charge in [-0.2, -0.15) is 8.42 Å². The van der Waals surface area contributed by atoms with E-state index in [4.69, 9.17) is 9.66 Å². The third kappa shape index (κ3) is 3.07. The van der Waals surface area contributed by atoms with Gasteiger partial charge in [-0.3, -0.25) is 9.35 Å². The number of carbonyl (C=O) groups excluding carboxylic acids is 1. The number of benzene rings is 1. The van der Waals surface area contributed by atoms with E-state index in [2.05, 4.69) is 0 Å². The molecule has 2 N–H and O–H groups in total. The average molecular weight is 226 g/mol. The fourth-order valence-electron chi connectivity index (χ4n) is 0.787. The molecular formula is C7H7NaO5S. The van der Waals surface area contributed by atoms with E-state index >= 15 is 0 Å². The molecule has 0 aliphatic carbocycles. The van der Waals surface area contributed by atoms with Gasteiger partial charge < -0.3 is 6.53 Å². The molecule has 5 nitrogen and oxygen atoms in total. The normalized spacial score (nSPS) is 10.4. The minimum Gasteiger partial charge on any atom is -1.00 e. The number of aldehydes is 1. The van der Waals surface area contributed by atoms with E-state index in [1.165, 1.54) is 0 Å². The van der Waals surface area contributed by atoms with Crippen molar-refractivity contribution < 1.29 is 53.9 Å². The first-order valence-electron chi connectivity index (χ1n) is 3.21. The maximum absolute atomic E-state index is 10.6. The fraction of sp³-hybridized carbons (Fsp3) is 0. The quantitative estimate of drug-likeness (QED) is 0.332. The van der Waals surface area contributed by atoms with Crippen LogP contribution < -0.4 is 29.6 Å².